The molecule has 8 heterocycles. The first-order valence-corrected chi connectivity index (χ1v) is 26.6. The fourth-order valence-corrected chi connectivity index (χ4v) is 10.3. The van der Waals surface area contributed by atoms with Crippen molar-refractivity contribution in [3.8, 4) is 23.2 Å². The number of H-pyrrole nitrogens is 2. The minimum absolute atomic E-state index is 0.0826. The minimum atomic E-state index is -1.57. The van der Waals surface area contributed by atoms with E-state index in [1.165, 1.54) is 48.7 Å². The summed E-state index contributed by atoms with van der Waals surface area (Å²) in [6.07, 6.45) is 14.0. The number of fused-ring (bicyclic) bond motifs is 2. The third kappa shape index (κ3) is 11.6. The Labute approximate surface area is 437 Å². The predicted molar refractivity (Wildman–Crippen MR) is 277 cm³/mol. The first-order valence-electron chi connectivity index (χ1n) is 26.6. The number of aromatic amines is 2. The minimum Gasteiger partial charge on any atom is -0.332 e. The predicted octanol–water partition coefficient (Wildman–Crippen LogP) is 6.65. The molecule has 2 atom stereocenters. The highest BCUT2D eigenvalue weighted by Gasteiger charge is 2.52. The summed E-state index contributed by atoms with van der Waals surface area (Å²) in [6, 6.07) is 10.8. The highest BCUT2D eigenvalue weighted by Crippen LogP contribution is 2.63. The Morgan fingerprint density at radius 2 is 1.09 bits per heavy atom. The SMILES string of the molecule is CC(F)c1nc2c(=O)n(CCCCc3noc(-c4ccccn4)n3)c(=O)n(CCC3CCC3)c2c(=O)[nH]1.CC(F)c1nc2c(=O)n(CCCCc3noc(-c4ccccn4)n3)c(=O)n(CCCC3(C4CC4)CC3)c2c(=O)[nH]1. The van der Waals surface area contributed by atoms with E-state index in [0.29, 0.717) is 97.8 Å². The maximum Gasteiger partial charge on any atom is 0.331 e. The van der Waals surface area contributed by atoms with Gasteiger partial charge in [0.2, 0.25) is 0 Å². The number of aryl methyl sites for hydroxylation is 4. The number of nitrogens with zero attached hydrogens (tertiary/aromatic N) is 12. The Balaban J connectivity index is 0.000000175. The molecule has 2 unspecified atom stereocenters. The molecule has 0 spiro atoms. The van der Waals surface area contributed by atoms with Gasteiger partial charge >= 0.3 is 11.4 Å². The van der Waals surface area contributed by atoms with Gasteiger partial charge in [0.1, 0.15) is 34.1 Å². The lowest BCUT2D eigenvalue weighted by Gasteiger charge is -2.25. The van der Waals surface area contributed by atoms with Crippen LogP contribution in [-0.2, 0) is 39.0 Å². The summed E-state index contributed by atoms with van der Waals surface area (Å²) in [5, 5.41) is 7.97. The largest absolute Gasteiger partial charge is 0.332 e. The van der Waals surface area contributed by atoms with Gasteiger partial charge in [0.25, 0.3) is 34.0 Å². The number of nitrogens with one attached hydrogen (secondary N) is 2. The van der Waals surface area contributed by atoms with Gasteiger partial charge in [-0.1, -0.05) is 41.7 Å². The van der Waals surface area contributed by atoms with Crippen LogP contribution in [0.5, 0.6) is 0 Å². The average Bonchev–Trinajstić information content (AvgIpc) is 4.33. The van der Waals surface area contributed by atoms with Crippen LogP contribution in [0.25, 0.3) is 45.2 Å². The smallest absolute Gasteiger partial charge is 0.331 e. The van der Waals surface area contributed by atoms with Gasteiger partial charge in [-0.05, 0) is 126 Å². The molecular weight excluding hydrogens is 999 g/mol. The van der Waals surface area contributed by atoms with E-state index in [0.717, 1.165) is 53.6 Å². The molecule has 0 bridgehead atoms. The molecule has 3 saturated carbocycles. The summed E-state index contributed by atoms with van der Waals surface area (Å²) in [7, 11) is 0. The molecule has 0 saturated heterocycles. The van der Waals surface area contributed by atoms with E-state index in [1.54, 1.807) is 36.7 Å². The number of alkyl halides is 2. The van der Waals surface area contributed by atoms with Crippen LogP contribution in [0.15, 0.2) is 86.6 Å². The molecular formula is C53H60F2N14O8. The van der Waals surface area contributed by atoms with Gasteiger partial charge < -0.3 is 19.0 Å². The quantitative estimate of drug-likeness (QED) is 0.0672. The zero-order valence-electron chi connectivity index (χ0n) is 43.0. The van der Waals surface area contributed by atoms with Gasteiger partial charge in [0, 0.05) is 51.4 Å². The van der Waals surface area contributed by atoms with Gasteiger partial charge in [-0.15, -0.1) is 0 Å². The number of halogens is 2. The molecule has 3 aliphatic carbocycles. The van der Waals surface area contributed by atoms with E-state index in [2.05, 4.69) is 50.2 Å². The average molecular weight is 1060 g/mol. The fourth-order valence-electron chi connectivity index (χ4n) is 10.3. The molecule has 8 aromatic heterocycles. The second-order valence-corrected chi connectivity index (χ2v) is 20.5. The summed E-state index contributed by atoms with van der Waals surface area (Å²) < 4.78 is 43.5. The second-order valence-electron chi connectivity index (χ2n) is 20.5. The van der Waals surface area contributed by atoms with Gasteiger partial charge in [-0.2, -0.15) is 9.97 Å². The van der Waals surface area contributed by atoms with Crippen molar-refractivity contribution in [1.29, 1.82) is 0 Å². The normalized spacial score (nSPS) is 15.8. The first-order chi connectivity index (χ1) is 37.3. The number of unbranched alkanes of at least 4 members (excludes halogenated alkanes) is 2. The zero-order chi connectivity index (χ0) is 53.8. The van der Waals surface area contributed by atoms with Crippen molar-refractivity contribution in [2.24, 2.45) is 17.3 Å². The standard InChI is InChI=1S/C28H32FN7O4.C25H28FN7O4/c1-17(29)23-32-21-22(24(37)33-23)35(16-6-11-28(12-13-28)18-9-10-18)27(39)36(26(21)38)15-5-3-8-20-31-25(40-34-20)19-7-2-4-14-30-19;1-15(26)21-29-19-20(22(34)30-21)32(14-11-16-7-6-8-16)25(36)33(24(19)35)13-5-3-10-18-28-23(37-31-18)17-9-2-4-12-27-17/h2,4,7,14,17-18H,3,5-6,8-13,15-16H2,1H3,(H,32,33,37);2,4,9,12,15-16H,3,5-8,10-11,13-14H2,1H3,(H,29,30,34). The molecule has 3 aliphatic rings. The lowest BCUT2D eigenvalue weighted by atomic mass is 9.83. The molecule has 22 nitrogen and oxygen atoms in total. The van der Waals surface area contributed by atoms with Crippen molar-refractivity contribution >= 4 is 22.1 Å². The van der Waals surface area contributed by atoms with E-state index >= 15 is 0 Å². The molecule has 3 fully saturated rings. The van der Waals surface area contributed by atoms with Crippen LogP contribution in [0.1, 0.15) is 139 Å². The Bertz CT molecular complexity index is 3760. The lowest BCUT2D eigenvalue weighted by molar-refractivity contribution is 0.280. The van der Waals surface area contributed by atoms with Crippen LogP contribution in [0, 0.1) is 17.3 Å². The van der Waals surface area contributed by atoms with E-state index in [1.807, 2.05) is 12.1 Å². The Kier molecular flexibility index (Phi) is 15.5. The number of hydrogen-bond donors (Lipinski definition) is 2. The van der Waals surface area contributed by atoms with Crippen molar-refractivity contribution in [3.63, 3.8) is 0 Å². The van der Waals surface area contributed by atoms with Crippen molar-refractivity contribution in [2.45, 2.75) is 155 Å². The Morgan fingerprint density at radius 3 is 1.51 bits per heavy atom. The van der Waals surface area contributed by atoms with E-state index in [-0.39, 0.29) is 46.8 Å². The summed E-state index contributed by atoms with van der Waals surface area (Å²) in [4.78, 5) is 109. The van der Waals surface area contributed by atoms with Crippen LogP contribution in [0.4, 0.5) is 8.78 Å². The molecule has 24 heteroatoms. The van der Waals surface area contributed by atoms with Crippen molar-refractivity contribution in [1.82, 2.24) is 68.5 Å². The second kappa shape index (κ2) is 22.7. The summed E-state index contributed by atoms with van der Waals surface area (Å²) in [6.45, 7) is 3.32. The van der Waals surface area contributed by atoms with E-state index in [4.69, 9.17) is 9.05 Å². The van der Waals surface area contributed by atoms with Gasteiger partial charge in [0.15, 0.2) is 35.0 Å². The third-order valence-electron chi connectivity index (χ3n) is 15.1. The molecule has 77 heavy (non-hydrogen) atoms. The van der Waals surface area contributed by atoms with Crippen LogP contribution < -0.4 is 33.6 Å². The monoisotopic (exact) mass is 1060 g/mol. The molecule has 0 radical (unpaired) electrons. The van der Waals surface area contributed by atoms with Crippen molar-refractivity contribution in [2.75, 3.05) is 0 Å². The molecule has 0 aromatic carbocycles. The molecule has 8 aromatic rings. The summed E-state index contributed by atoms with van der Waals surface area (Å²) in [5.74, 6) is 2.47. The molecule has 11 rings (SSSR count). The number of pyridine rings is 2. The van der Waals surface area contributed by atoms with E-state index in [9.17, 15) is 37.5 Å². The topological polar surface area (TPSA) is 283 Å². The van der Waals surface area contributed by atoms with Crippen LogP contribution in [0.2, 0.25) is 0 Å². The number of hydrogen-bond acceptors (Lipinski definition) is 16. The van der Waals surface area contributed by atoms with Crippen LogP contribution >= 0.6 is 0 Å². The number of rotatable bonds is 22. The van der Waals surface area contributed by atoms with Crippen LogP contribution in [-0.4, -0.2) is 68.5 Å². The van der Waals surface area contributed by atoms with Gasteiger partial charge in [-0.3, -0.25) is 47.4 Å². The molecule has 404 valence electrons. The van der Waals surface area contributed by atoms with Crippen LogP contribution in [0.3, 0.4) is 0 Å². The summed E-state index contributed by atoms with van der Waals surface area (Å²) >= 11 is 0. The summed E-state index contributed by atoms with van der Waals surface area (Å²) in [5.41, 5.74) is -2.81. The van der Waals surface area contributed by atoms with Crippen molar-refractivity contribution < 1.29 is 17.8 Å². The Morgan fingerprint density at radius 1 is 0.610 bits per heavy atom. The lowest BCUT2D eigenvalue weighted by Crippen LogP contribution is -2.43. The van der Waals surface area contributed by atoms with Crippen molar-refractivity contribution in [3.05, 3.63) is 134 Å². The zero-order valence-corrected chi connectivity index (χ0v) is 43.0. The van der Waals surface area contributed by atoms with Gasteiger partial charge in [0.05, 0.1) is 0 Å². The number of aromatic nitrogens is 14. The fraction of sp³-hybridized carbons (Fsp3) is 0.509. The van der Waals surface area contributed by atoms with Gasteiger partial charge in [-0.25, -0.2) is 28.3 Å². The maximum absolute atomic E-state index is 14.1. The molecule has 0 amide bonds. The molecule has 2 N–H and O–H groups in total. The maximum atomic E-state index is 14.1. The van der Waals surface area contributed by atoms with E-state index < -0.39 is 46.0 Å². The Hall–Kier alpha value is -7.92. The highest BCUT2D eigenvalue weighted by molar-refractivity contribution is 5.73. The molecule has 0 aliphatic heterocycles. The highest BCUT2D eigenvalue weighted by atomic mass is 19.1. The third-order valence-corrected chi connectivity index (χ3v) is 15.1. The first kappa shape index (κ1) is 52.5.